The van der Waals surface area contributed by atoms with Gasteiger partial charge >= 0.3 is 0 Å². The van der Waals surface area contributed by atoms with E-state index in [9.17, 15) is 5.11 Å². The molecule has 1 N–H and O–H groups in total. The fraction of sp³-hybridized carbons (Fsp3) is 0.444. The predicted octanol–water partition coefficient (Wildman–Crippen LogP) is 4.90. The molecule has 114 valence electrons. The lowest BCUT2D eigenvalue weighted by atomic mass is 10.1. The van der Waals surface area contributed by atoms with Crippen molar-refractivity contribution >= 4 is 10.8 Å². The summed E-state index contributed by atoms with van der Waals surface area (Å²) in [4.78, 5) is 0. The number of aromatic hydroxyl groups is 1. The highest BCUT2D eigenvalue weighted by molar-refractivity contribution is 5.92. The summed E-state index contributed by atoms with van der Waals surface area (Å²) in [7, 11) is 0. The number of ether oxygens (including phenoxy) is 2. The first-order chi connectivity index (χ1) is 10.3. The van der Waals surface area contributed by atoms with E-state index in [1.165, 1.54) is 0 Å². The molecule has 0 saturated carbocycles. The molecular weight excluding hydrogens is 264 g/mol. The highest BCUT2D eigenvalue weighted by atomic mass is 16.5. The number of benzene rings is 2. The van der Waals surface area contributed by atoms with Crippen LogP contribution in [0.5, 0.6) is 17.2 Å². The van der Waals surface area contributed by atoms with E-state index in [-0.39, 0.29) is 5.75 Å². The number of unbranched alkanes of at least 4 members (excludes halogenated alkanes) is 2. The van der Waals surface area contributed by atoms with Crippen LogP contribution in [0.4, 0.5) is 0 Å². The maximum Gasteiger partial charge on any atom is 0.204 e. The largest absolute Gasteiger partial charge is 0.504 e. The molecule has 3 nitrogen and oxygen atoms in total. The van der Waals surface area contributed by atoms with E-state index < -0.39 is 0 Å². The molecule has 0 unspecified atom stereocenters. The fourth-order valence-electron chi connectivity index (χ4n) is 2.18. The van der Waals surface area contributed by atoms with E-state index in [4.69, 9.17) is 9.47 Å². The Morgan fingerprint density at radius 1 is 0.952 bits per heavy atom. The molecule has 0 atom stereocenters. The molecule has 0 amide bonds. The number of phenolic OH excluding ortho intramolecular Hbond substituents is 1. The smallest absolute Gasteiger partial charge is 0.204 e. The van der Waals surface area contributed by atoms with Gasteiger partial charge in [-0.05, 0) is 24.3 Å². The quantitative estimate of drug-likeness (QED) is 0.702. The van der Waals surface area contributed by atoms with Gasteiger partial charge in [0, 0.05) is 5.39 Å². The van der Waals surface area contributed by atoms with Crippen molar-refractivity contribution in [1.29, 1.82) is 0 Å². The van der Waals surface area contributed by atoms with E-state index >= 15 is 0 Å². The summed E-state index contributed by atoms with van der Waals surface area (Å²) >= 11 is 0. The molecule has 0 bridgehead atoms. The zero-order chi connectivity index (χ0) is 15.1. The third kappa shape index (κ3) is 3.81. The highest BCUT2D eigenvalue weighted by Crippen LogP contribution is 2.43. The van der Waals surface area contributed by atoms with E-state index in [2.05, 4.69) is 13.8 Å². The van der Waals surface area contributed by atoms with Gasteiger partial charge in [0.25, 0.3) is 0 Å². The van der Waals surface area contributed by atoms with Gasteiger partial charge in [0.15, 0.2) is 11.5 Å². The molecule has 2 aromatic rings. The third-order valence-electron chi connectivity index (χ3n) is 3.44. The highest BCUT2D eigenvalue weighted by Gasteiger charge is 2.15. The number of hydrogen-bond donors (Lipinski definition) is 1. The summed E-state index contributed by atoms with van der Waals surface area (Å²) < 4.78 is 11.6. The molecule has 0 aliphatic rings. The molecule has 0 heterocycles. The van der Waals surface area contributed by atoms with Gasteiger partial charge in [0.1, 0.15) is 0 Å². The van der Waals surface area contributed by atoms with Crippen LogP contribution in [0.3, 0.4) is 0 Å². The standard InChI is InChI=1S/C18H24O3/c1-3-5-11-20-16-13-14-9-7-8-10-15(14)17(19)18(16)21-12-6-4-2/h7-10,13,19H,3-6,11-12H2,1-2H3. The molecule has 0 aromatic heterocycles. The summed E-state index contributed by atoms with van der Waals surface area (Å²) in [5.74, 6) is 1.28. The lowest BCUT2D eigenvalue weighted by Gasteiger charge is -2.16. The first-order valence-electron chi connectivity index (χ1n) is 7.78. The molecule has 0 fully saturated rings. The van der Waals surface area contributed by atoms with Gasteiger partial charge in [-0.25, -0.2) is 0 Å². The Labute approximate surface area is 126 Å². The van der Waals surface area contributed by atoms with Crippen LogP contribution < -0.4 is 9.47 Å². The van der Waals surface area contributed by atoms with E-state index in [1.54, 1.807) is 0 Å². The molecule has 21 heavy (non-hydrogen) atoms. The van der Waals surface area contributed by atoms with Crippen molar-refractivity contribution in [1.82, 2.24) is 0 Å². The maximum absolute atomic E-state index is 10.5. The number of fused-ring (bicyclic) bond motifs is 1. The third-order valence-corrected chi connectivity index (χ3v) is 3.44. The molecule has 2 aromatic carbocycles. The van der Waals surface area contributed by atoms with Crippen LogP contribution in [0.1, 0.15) is 39.5 Å². The van der Waals surface area contributed by atoms with Gasteiger partial charge in [0.2, 0.25) is 5.75 Å². The van der Waals surface area contributed by atoms with Crippen LogP contribution in [0.25, 0.3) is 10.8 Å². The Balaban J connectivity index is 2.33. The van der Waals surface area contributed by atoms with Crippen molar-refractivity contribution in [3.05, 3.63) is 30.3 Å². The minimum atomic E-state index is 0.177. The second-order valence-electron chi connectivity index (χ2n) is 5.18. The summed E-state index contributed by atoms with van der Waals surface area (Å²) in [5, 5.41) is 12.2. The van der Waals surface area contributed by atoms with Crippen molar-refractivity contribution < 1.29 is 14.6 Å². The van der Waals surface area contributed by atoms with Crippen LogP contribution >= 0.6 is 0 Å². The van der Waals surface area contributed by atoms with E-state index in [1.807, 2.05) is 30.3 Å². The molecule has 2 rings (SSSR count). The Morgan fingerprint density at radius 3 is 2.33 bits per heavy atom. The molecule has 0 spiro atoms. The molecule has 0 aliphatic heterocycles. The van der Waals surface area contributed by atoms with E-state index in [0.717, 1.165) is 36.5 Å². The molecule has 0 saturated heterocycles. The van der Waals surface area contributed by atoms with E-state index in [0.29, 0.717) is 24.7 Å². The second-order valence-corrected chi connectivity index (χ2v) is 5.18. The number of rotatable bonds is 8. The lowest BCUT2D eigenvalue weighted by molar-refractivity contribution is 0.253. The Hall–Kier alpha value is -1.90. The van der Waals surface area contributed by atoms with Crippen molar-refractivity contribution in [2.75, 3.05) is 13.2 Å². The molecule has 0 aliphatic carbocycles. The average molecular weight is 288 g/mol. The molecular formula is C18H24O3. The summed E-state index contributed by atoms with van der Waals surface area (Å²) in [5.41, 5.74) is 0. The number of phenols is 1. The van der Waals surface area contributed by atoms with Gasteiger partial charge in [-0.2, -0.15) is 0 Å². The minimum absolute atomic E-state index is 0.177. The van der Waals surface area contributed by atoms with Crippen LogP contribution in [0.2, 0.25) is 0 Å². The van der Waals surface area contributed by atoms with Crippen LogP contribution in [0.15, 0.2) is 30.3 Å². The minimum Gasteiger partial charge on any atom is -0.504 e. The average Bonchev–Trinajstić information content (AvgIpc) is 2.50. The van der Waals surface area contributed by atoms with Gasteiger partial charge in [-0.1, -0.05) is 51.0 Å². The zero-order valence-electron chi connectivity index (χ0n) is 12.9. The number of hydrogen-bond acceptors (Lipinski definition) is 3. The predicted molar refractivity (Wildman–Crippen MR) is 86.4 cm³/mol. The van der Waals surface area contributed by atoms with Crippen molar-refractivity contribution in [3.63, 3.8) is 0 Å². The first kappa shape index (κ1) is 15.5. The van der Waals surface area contributed by atoms with Gasteiger partial charge in [-0.15, -0.1) is 0 Å². The normalized spacial score (nSPS) is 10.8. The Morgan fingerprint density at radius 2 is 1.62 bits per heavy atom. The summed E-state index contributed by atoms with van der Waals surface area (Å²) in [6, 6.07) is 9.68. The fourth-order valence-corrected chi connectivity index (χ4v) is 2.18. The van der Waals surface area contributed by atoms with Gasteiger partial charge in [0.05, 0.1) is 13.2 Å². The molecule has 0 radical (unpaired) electrons. The van der Waals surface area contributed by atoms with Crippen LogP contribution in [-0.4, -0.2) is 18.3 Å². The van der Waals surface area contributed by atoms with Crippen molar-refractivity contribution in [2.24, 2.45) is 0 Å². The monoisotopic (exact) mass is 288 g/mol. The first-order valence-corrected chi connectivity index (χ1v) is 7.78. The topological polar surface area (TPSA) is 38.7 Å². The van der Waals surface area contributed by atoms with Crippen molar-refractivity contribution in [2.45, 2.75) is 39.5 Å². The Kier molecular flexibility index (Phi) is 5.73. The summed E-state index contributed by atoms with van der Waals surface area (Å²) in [6.07, 6.45) is 4.08. The lowest BCUT2D eigenvalue weighted by Crippen LogP contribution is -2.02. The molecule has 3 heteroatoms. The van der Waals surface area contributed by atoms with Crippen LogP contribution in [-0.2, 0) is 0 Å². The van der Waals surface area contributed by atoms with Crippen molar-refractivity contribution in [3.8, 4) is 17.2 Å². The second kappa shape index (κ2) is 7.77. The summed E-state index contributed by atoms with van der Waals surface area (Å²) in [6.45, 7) is 5.47. The van der Waals surface area contributed by atoms with Gasteiger partial charge in [-0.3, -0.25) is 0 Å². The maximum atomic E-state index is 10.5. The Bertz CT molecular complexity index is 578. The van der Waals surface area contributed by atoms with Crippen LogP contribution in [0, 0.1) is 0 Å². The zero-order valence-corrected chi connectivity index (χ0v) is 12.9. The SMILES string of the molecule is CCCCOc1cc2ccccc2c(O)c1OCCCC. The van der Waals surface area contributed by atoms with Gasteiger partial charge < -0.3 is 14.6 Å².